The number of aromatic nitrogens is 1. The highest BCUT2D eigenvalue weighted by Crippen LogP contribution is 2.21. The first-order valence-electron chi connectivity index (χ1n) is 4.93. The molecule has 1 aromatic heterocycles. The number of hydrogen-bond donors (Lipinski definition) is 1. The molecule has 0 aliphatic carbocycles. The van der Waals surface area contributed by atoms with Crippen LogP contribution in [0, 0.1) is 5.82 Å². The van der Waals surface area contributed by atoms with E-state index in [1.54, 1.807) is 18.3 Å². The molecule has 0 bridgehead atoms. The van der Waals surface area contributed by atoms with E-state index in [2.05, 4.69) is 20.9 Å². The van der Waals surface area contributed by atoms with Gasteiger partial charge in [-0.3, -0.25) is 0 Å². The zero-order chi connectivity index (χ0) is 12.3. The van der Waals surface area contributed by atoms with Crippen molar-refractivity contribution in [2.45, 2.75) is 6.61 Å². The monoisotopic (exact) mass is 296 g/mol. The highest BCUT2D eigenvalue weighted by molar-refractivity contribution is 9.10. The van der Waals surface area contributed by atoms with Gasteiger partial charge in [-0.15, -0.1) is 0 Å². The van der Waals surface area contributed by atoms with E-state index >= 15 is 0 Å². The molecule has 3 nitrogen and oxygen atoms in total. The van der Waals surface area contributed by atoms with E-state index in [0.29, 0.717) is 22.6 Å². The van der Waals surface area contributed by atoms with Crippen LogP contribution < -0.4 is 10.5 Å². The summed E-state index contributed by atoms with van der Waals surface area (Å²) in [4.78, 5) is 3.94. The van der Waals surface area contributed by atoms with Crippen molar-refractivity contribution in [3.8, 4) is 5.75 Å². The van der Waals surface area contributed by atoms with Gasteiger partial charge in [-0.1, -0.05) is 22.0 Å². The maximum atomic E-state index is 13.1. The molecule has 0 atom stereocenters. The first-order chi connectivity index (χ1) is 8.13. The summed E-state index contributed by atoms with van der Waals surface area (Å²) in [7, 11) is 0. The van der Waals surface area contributed by atoms with Crippen molar-refractivity contribution < 1.29 is 9.13 Å². The molecule has 0 saturated heterocycles. The van der Waals surface area contributed by atoms with Gasteiger partial charge in [0.2, 0.25) is 0 Å². The Balaban J connectivity index is 2.04. The van der Waals surface area contributed by atoms with Crippen molar-refractivity contribution >= 4 is 21.7 Å². The molecule has 2 aromatic rings. The largest absolute Gasteiger partial charge is 0.489 e. The SMILES string of the molecule is Nc1ccc(COc2cc(F)cc(Br)c2)cn1. The number of benzene rings is 1. The molecule has 1 aromatic carbocycles. The Morgan fingerprint density at radius 1 is 1.29 bits per heavy atom. The van der Waals surface area contributed by atoms with E-state index in [1.807, 2.05) is 6.07 Å². The summed E-state index contributed by atoms with van der Waals surface area (Å²) in [5.41, 5.74) is 6.34. The summed E-state index contributed by atoms with van der Waals surface area (Å²) < 4.78 is 19.2. The van der Waals surface area contributed by atoms with Crippen LogP contribution >= 0.6 is 15.9 Å². The van der Waals surface area contributed by atoms with Gasteiger partial charge in [-0.2, -0.15) is 0 Å². The fourth-order valence-electron chi connectivity index (χ4n) is 1.30. The Labute approximate surface area is 107 Å². The van der Waals surface area contributed by atoms with Crippen LogP contribution in [0.5, 0.6) is 5.75 Å². The van der Waals surface area contributed by atoms with Crippen molar-refractivity contribution in [1.29, 1.82) is 0 Å². The lowest BCUT2D eigenvalue weighted by atomic mass is 10.3. The molecule has 1 heterocycles. The molecule has 0 aliphatic rings. The van der Waals surface area contributed by atoms with E-state index in [1.165, 1.54) is 12.1 Å². The maximum absolute atomic E-state index is 13.1. The zero-order valence-corrected chi connectivity index (χ0v) is 10.4. The summed E-state index contributed by atoms with van der Waals surface area (Å²) in [5, 5.41) is 0. The third kappa shape index (κ3) is 3.42. The van der Waals surface area contributed by atoms with E-state index in [4.69, 9.17) is 10.5 Å². The van der Waals surface area contributed by atoms with Gasteiger partial charge in [0.05, 0.1) is 0 Å². The van der Waals surface area contributed by atoms with E-state index in [-0.39, 0.29) is 5.82 Å². The van der Waals surface area contributed by atoms with Crippen LogP contribution in [0.3, 0.4) is 0 Å². The second kappa shape index (κ2) is 5.14. The van der Waals surface area contributed by atoms with Crippen LogP contribution in [0.1, 0.15) is 5.56 Å². The van der Waals surface area contributed by atoms with Crippen molar-refractivity contribution in [3.05, 3.63) is 52.4 Å². The molecule has 2 rings (SSSR count). The van der Waals surface area contributed by atoms with Gasteiger partial charge in [-0.25, -0.2) is 9.37 Å². The molecule has 0 unspecified atom stereocenters. The van der Waals surface area contributed by atoms with Crippen molar-refractivity contribution in [2.24, 2.45) is 0 Å². The van der Waals surface area contributed by atoms with Gasteiger partial charge in [-0.05, 0) is 18.2 Å². The van der Waals surface area contributed by atoms with Gasteiger partial charge in [0.25, 0.3) is 0 Å². The van der Waals surface area contributed by atoms with Gasteiger partial charge >= 0.3 is 0 Å². The van der Waals surface area contributed by atoms with Crippen LogP contribution in [0.4, 0.5) is 10.2 Å². The number of rotatable bonds is 3. The number of ether oxygens (including phenoxy) is 1. The second-order valence-corrected chi connectivity index (χ2v) is 4.40. The smallest absolute Gasteiger partial charge is 0.128 e. The van der Waals surface area contributed by atoms with Gasteiger partial charge in [0.1, 0.15) is 24.0 Å². The molecule has 17 heavy (non-hydrogen) atoms. The minimum absolute atomic E-state index is 0.323. The van der Waals surface area contributed by atoms with Crippen LogP contribution in [0.15, 0.2) is 41.0 Å². The Kier molecular flexibility index (Phi) is 3.58. The van der Waals surface area contributed by atoms with Gasteiger partial charge < -0.3 is 10.5 Å². The molecule has 88 valence electrons. The predicted octanol–water partition coefficient (Wildman–Crippen LogP) is 3.14. The lowest BCUT2D eigenvalue weighted by Crippen LogP contribution is -1.98. The topological polar surface area (TPSA) is 48.1 Å². The van der Waals surface area contributed by atoms with Gasteiger partial charge in [0, 0.05) is 22.3 Å². The molecular weight excluding hydrogens is 287 g/mol. The highest BCUT2D eigenvalue weighted by Gasteiger charge is 2.01. The average Bonchev–Trinajstić information content (AvgIpc) is 2.27. The Morgan fingerprint density at radius 2 is 2.12 bits per heavy atom. The normalized spacial score (nSPS) is 10.2. The first-order valence-corrected chi connectivity index (χ1v) is 5.72. The minimum Gasteiger partial charge on any atom is -0.489 e. The molecular formula is C12H10BrFN2O. The predicted molar refractivity (Wildman–Crippen MR) is 67.1 cm³/mol. The number of anilines is 1. The van der Waals surface area contributed by atoms with Crippen molar-refractivity contribution in [2.75, 3.05) is 5.73 Å². The molecule has 0 spiro atoms. The van der Waals surface area contributed by atoms with Gasteiger partial charge in [0.15, 0.2) is 0 Å². The van der Waals surface area contributed by atoms with Crippen molar-refractivity contribution in [1.82, 2.24) is 4.98 Å². The maximum Gasteiger partial charge on any atom is 0.128 e. The fourth-order valence-corrected chi connectivity index (χ4v) is 1.74. The second-order valence-electron chi connectivity index (χ2n) is 3.49. The molecule has 0 radical (unpaired) electrons. The molecule has 0 fully saturated rings. The molecule has 0 saturated carbocycles. The number of pyridine rings is 1. The Bertz CT molecular complexity index is 496. The summed E-state index contributed by atoms with van der Waals surface area (Å²) in [6.07, 6.45) is 1.63. The summed E-state index contributed by atoms with van der Waals surface area (Å²) in [6, 6.07) is 7.91. The standard InChI is InChI=1S/C12H10BrFN2O/c13-9-3-10(14)5-11(4-9)17-7-8-1-2-12(15)16-6-8/h1-6H,7H2,(H2,15,16). The molecule has 0 amide bonds. The van der Waals surface area contributed by atoms with Crippen LogP contribution in [-0.2, 0) is 6.61 Å². The van der Waals surface area contributed by atoms with Crippen LogP contribution in [0.25, 0.3) is 0 Å². The highest BCUT2D eigenvalue weighted by atomic mass is 79.9. The third-order valence-electron chi connectivity index (χ3n) is 2.09. The van der Waals surface area contributed by atoms with E-state index < -0.39 is 0 Å². The molecule has 2 N–H and O–H groups in total. The summed E-state index contributed by atoms with van der Waals surface area (Å²) >= 11 is 3.20. The molecule has 0 aliphatic heterocycles. The molecule has 5 heteroatoms. The first kappa shape index (κ1) is 11.9. The van der Waals surface area contributed by atoms with Crippen molar-refractivity contribution in [3.63, 3.8) is 0 Å². The lowest BCUT2D eigenvalue weighted by Gasteiger charge is -2.06. The number of halogens is 2. The number of nitrogen functional groups attached to an aromatic ring is 1. The number of nitrogens with two attached hydrogens (primary N) is 1. The number of hydrogen-bond acceptors (Lipinski definition) is 3. The Morgan fingerprint density at radius 3 is 2.76 bits per heavy atom. The zero-order valence-electron chi connectivity index (χ0n) is 8.86. The summed E-state index contributed by atoms with van der Waals surface area (Å²) in [6.45, 7) is 0.323. The fraction of sp³-hybridized carbons (Fsp3) is 0.0833. The van der Waals surface area contributed by atoms with E-state index in [0.717, 1.165) is 5.56 Å². The van der Waals surface area contributed by atoms with E-state index in [9.17, 15) is 4.39 Å². The minimum atomic E-state index is -0.343. The lowest BCUT2D eigenvalue weighted by molar-refractivity contribution is 0.304. The van der Waals surface area contributed by atoms with Crippen LogP contribution in [0.2, 0.25) is 0 Å². The third-order valence-corrected chi connectivity index (χ3v) is 2.55. The number of nitrogens with zero attached hydrogens (tertiary/aromatic N) is 1. The van der Waals surface area contributed by atoms with Crippen LogP contribution in [-0.4, -0.2) is 4.98 Å². The average molecular weight is 297 g/mol. The quantitative estimate of drug-likeness (QED) is 0.946. The summed E-state index contributed by atoms with van der Waals surface area (Å²) in [5.74, 6) is 0.584. The Hall–Kier alpha value is -1.62.